The zero-order valence-corrected chi connectivity index (χ0v) is 36.2. The van der Waals surface area contributed by atoms with Gasteiger partial charge in [-0.1, -0.05) is 212 Å². The minimum atomic E-state index is 0.888. The Morgan fingerprint density at radius 3 is 1.61 bits per heavy atom. The molecule has 1 aromatic heterocycles. The largest absolute Gasteiger partial charge is 0.455 e. The Kier molecular flexibility index (Phi) is 9.89. The quantitative estimate of drug-likeness (QED) is 0.144. The lowest BCUT2D eigenvalue weighted by Crippen LogP contribution is -2.11. The van der Waals surface area contributed by atoms with E-state index in [4.69, 9.17) is 4.42 Å². The first-order valence-corrected chi connectivity index (χ1v) is 22.6. The zero-order chi connectivity index (χ0) is 43.8. The first-order valence-electron chi connectivity index (χ1n) is 22.6. The molecule has 12 rings (SSSR count). The second kappa shape index (κ2) is 16.8. The second-order valence-electron chi connectivity index (χ2n) is 16.8. The molecule has 0 aliphatic carbocycles. The predicted molar refractivity (Wildman–Crippen MR) is 279 cm³/mol. The summed E-state index contributed by atoms with van der Waals surface area (Å²) < 4.78 is 6.61. The fraction of sp³-hybridized carbons (Fsp3) is 0. The van der Waals surface area contributed by atoms with Crippen LogP contribution < -0.4 is 4.90 Å². The van der Waals surface area contributed by atoms with E-state index in [0.717, 1.165) is 77.9 Å². The third kappa shape index (κ3) is 7.12. The van der Waals surface area contributed by atoms with Gasteiger partial charge in [-0.3, -0.25) is 0 Å². The van der Waals surface area contributed by atoms with E-state index in [0.29, 0.717) is 0 Å². The first kappa shape index (κ1) is 38.9. The molecule has 0 unspecified atom stereocenters. The van der Waals surface area contributed by atoms with Crippen LogP contribution in [-0.4, -0.2) is 0 Å². The van der Waals surface area contributed by atoms with Gasteiger partial charge in [0.25, 0.3) is 0 Å². The number of anilines is 3. The van der Waals surface area contributed by atoms with E-state index in [1.807, 2.05) is 6.07 Å². The highest BCUT2D eigenvalue weighted by molar-refractivity contribution is 6.10. The van der Waals surface area contributed by atoms with Crippen LogP contribution in [0.3, 0.4) is 0 Å². The van der Waals surface area contributed by atoms with Crippen molar-refractivity contribution in [1.29, 1.82) is 0 Å². The van der Waals surface area contributed by atoms with Crippen LogP contribution in [0.1, 0.15) is 0 Å². The SMILES string of the molecule is c1ccc(-c2ccc(-c3ccccc3-c3ccccc3)c(-c3ccccc3N(c3cccc(-c4ccc5ccccc5c4)c3)c3cccc(-c4cccc5c4oc4ccccc45)c3)c2)cc1. The Bertz CT molecular complexity index is 3720. The maximum atomic E-state index is 6.61. The Balaban J connectivity index is 1.09. The van der Waals surface area contributed by atoms with Gasteiger partial charge in [-0.15, -0.1) is 0 Å². The molecule has 0 spiro atoms. The topological polar surface area (TPSA) is 16.4 Å². The Hall–Kier alpha value is -8.72. The van der Waals surface area contributed by atoms with Crippen LogP contribution in [0.2, 0.25) is 0 Å². The molecule has 0 amide bonds. The summed E-state index contributed by atoms with van der Waals surface area (Å²) in [6.45, 7) is 0. The second-order valence-corrected chi connectivity index (χ2v) is 16.8. The molecule has 2 heteroatoms. The van der Waals surface area contributed by atoms with Gasteiger partial charge in [-0.2, -0.15) is 0 Å². The lowest BCUT2D eigenvalue weighted by Gasteiger charge is -2.29. The van der Waals surface area contributed by atoms with Crippen LogP contribution in [0.25, 0.3) is 99.5 Å². The number of nitrogens with zero attached hydrogens (tertiary/aromatic N) is 1. The molecule has 0 bridgehead atoms. The molecule has 0 aliphatic rings. The Morgan fingerprint density at radius 1 is 0.258 bits per heavy atom. The van der Waals surface area contributed by atoms with Gasteiger partial charge in [0.05, 0.1) is 5.69 Å². The van der Waals surface area contributed by atoms with E-state index >= 15 is 0 Å². The van der Waals surface area contributed by atoms with Crippen molar-refractivity contribution in [3.05, 3.63) is 261 Å². The van der Waals surface area contributed by atoms with E-state index in [2.05, 4.69) is 260 Å². The van der Waals surface area contributed by atoms with Crippen LogP contribution in [0.5, 0.6) is 0 Å². The van der Waals surface area contributed by atoms with Crippen LogP contribution in [0.15, 0.2) is 265 Å². The lowest BCUT2D eigenvalue weighted by molar-refractivity contribution is 0.670. The molecular weight excluding hydrogens is 799 g/mol. The molecule has 0 radical (unpaired) electrons. The van der Waals surface area contributed by atoms with Gasteiger partial charge in [0.1, 0.15) is 11.2 Å². The number of rotatable bonds is 9. The van der Waals surface area contributed by atoms with Gasteiger partial charge < -0.3 is 9.32 Å². The van der Waals surface area contributed by atoms with Crippen LogP contribution >= 0.6 is 0 Å². The fourth-order valence-corrected chi connectivity index (χ4v) is 9.70. The third-order valence-corrected chi connectivity index (χ3v) is 12.9. The van der Waals surface area contributed by atoms with Crippen molar-refractivity contribution < 1.29 is 4.42 Å². The fourth-order valence-electron chi connectivity index (χ4n) is 9.70. The van der Waals surface area contributed by atoms with Crippen molar-refractivity contribution in [3.8, 4) is 66.8 Å². The molecular formula is C64H43NO. The molecule has 2 nitrogen and oxygen atoms in total. The summed E-state index contributed by atoms with van der Waals surface area (Å²) in [5, 5.41) is 4.68. The zero-order valence-electron chi connectivity index (χ0n) is 36.2. The molecule has 0 aliphatic heterocycles. The van der Waals surface area contributed by atoms with Crippen LogP contribution in [-0.2, 0) is 0 Å². The summed E-state index contributed by atoms with van der Waals surface area (Å²) in [7, 11) is 0. The molecule has 66 heavy (non-hydrogen) atoms. The minimum Gasteiger partial charge on any atom is -0.455 e. The maximum absolute atomic E-state index is 6.61. The molecule has 12 aromatic rings. The van der Waals surface area contributed by atoms with Gasteiger partial charge >= 0.3 is 0 Å². The highest BCUT2D eigenvalue weighted by Crippen LogP contribution is 2.48. The molecule has 0 N–H and O–H groups in total. The molecule has 0 saturated carbocycles. The predicted octanol–water partition coefficient (Wildman–Crippen LogP) is 18.2. The smallest absolute Gasteiger partial charge is 0.143 e. The van der Waals surface area contributed by atoms with Crippen molar-refractivity contribution in [1.82, 2.24) is 0 Å². The van der Waals surface area contributed by atoms with Crippen molar-refractivity contribution >= 4 is 49.8 Å². The Labute approximate surface area is 384 Å². The number of furan rings is 1. The normalized spacial score (nSPS) is 11.3. The van der Waals surface area contributed by atoms with Gasteiger partial charge in [0.2, 0.25) is 0 Å². The van der Waals surface area contributed by atoms with E-state index in [9.17, 15) is 0 Å². The van der Waals surface area contributed by atoms with Crippen molar-refractivity contribution in [2.75, 3.05) is 4.90 Å². The van der Waals surface area contributed by atoms with Crippen molar-refractivity contribution in [2.24, 2.45) is 0 Å². The van der Waals surface area contributed by atoms with Crippen molar-refractivity contribution in [2.45, 2.75) is 0 Å². The minimum absolute atomic E-state index is 0.888. The maximum Gasteiger partial charge on any atom is 0.143 e. The standard InChI is InChI=1S/C64H43NO/c1-3-18-44(19-4-1)50-38-39-57(56-29-10-9-28-54(56)46-21-5-2-6-22-46)61(43-50)58-30-11-13-34-62(58)65(52-26-15-24-48(41-52)49-37-36-45-20-7-8-23-47(45)40-49)53-27-16-25-51(42-53)55-32-17-33-60-59-31-12-14-35-63(59)66-64(55)60/h1-43H. The summed E-state index contributed by atoms with van der Waals surface area (Å²) >= 11 is 0. The summed E-state index contributed by atoms with van der Waals surface area (Å²) in [6.07, 6.45) is 0. The Morgan fingerprint density at radius 2 is 0.788 bits per heavy atom. The highest BCUT2D eigenvalue weighted by atomic mass is 16.3. The average Bonchev–Trinajstić information content (AvgIpc) is 3.78. The molecule has 0 fully saturated rings. The lowest BCUT2D eigenvalue weighted by atomic mass is 9.86. The van der Waals surface area contributed by atoms with Gasteiger partial charge in [0.15, 0.2) is 0 Å². The monoisotopic (exact) mass is 841 g/mol. The molecule has 0 atom stereocenters. The number of para-hydroxylation sites is 3. The van der Waals surface area contributed by atoms with E-state index < -0.39 is 0 Å². The van der Waals surface area contributed by atoms with Gasteiger partial charge in [-0.05, 0) is 115 Å². The molecule has 11 aromatic carbocycles. The summed E-state index contributed by atoms with van der Waals surface area (Å²) in [6, 6.07) is 94.1. The number of hydrogen-bond donors (Lipinski definition) is 0. The molecule has 0 saturated heterocycles. The first-order chi connectivity index (χ1) is 32.7. The van der Waals surface area contributed by atoms with Crippen LogP contribution in [0, 0.1) is 0 Å². The number of fused-ring (bicyclic) bond motifs is 4. The molecule has 1 heterocycles. The number of benzene rings is 11. The van der Waals surface area contributed by atoms with Crippen LogP contribution in [0.4, 0.5) is 17.1 Å². The highest BCUT2D eigenvalue weighted by Gasteiger charge is 2.23. The van der Waals surface area contributed by atoms with Gasteiger partial charge in [0, 0.05) is 33.3 Å². The summed E-state index contributed by atoms with van der Waals surface area (Å²) in [5.41, 5.74) is 18.7. The van der Waals surface area contributed by atoms with E-state index in [1.165, 1.54) is 38.6 Å². The van der Waals surface area contributed by atoms with Crippen molar-refractivity contribution in [3.63, 3.8) is 0 Å². The summed E-state index contributed by atoms with van der Waals surface area (Å²) in [4.78, 5) is 2.43. The number of hydrogen-bond acceptors (Lipinski definition) is 2. The van der Waals surface area contributed by atoms with E-state index in [-0.39, 0.29) is 0 Å². The summed E-state index contributed by atoms with van der Waals surface area (Å²) in [5.74, 6) is 0. The van der Waals surface area contributed by atoms with Gasteiger partial charge in [-0.25, -0.2) is 0 Å². The molecule has 310 valence electrons. The average molecular weight is 842 g/mol. The third-order valence-electron chi connectivity index (χ3n) is 12.9. The van der Waals surface area contributed by atoms with E-state index in [1.54, 1.807) is 0 Å².